The lowest BCUT2D eigenvalue weighted by atomic mass is 10.1. The average molecular weight is 284 g/mol. The van der Waals surface area contributed by atoms with Crippen molar-refractivity contribution in [3.63, 3.8) is 0 Å². The highest BCUT2D eigenvalue weighted by Crippen LogP contribution is 2.20. The Bertz CT molecular complexity index is 641. The van der Waals surface area contributed by atoms with Gasteiger partial charge in [0.1, 0.15) is 0 Å². The van der Waals surface area contributed by atoms with Crippen molar-refractivity contribution in [2.45, 2.75) is 13.3 Å². The highest BCUT2D eigenvalue weighted by Gasteiger charge is 2.19. The number of carbonyl (C=O) groups excluding carboxylic acids is 1. The van der Waals surface area contributed by atoms with Gasteiger partial charge in [0.05, 0.1) is 11.3 Å². The molecular formula is C16H16N2O3. The molecule has 0 unspecified atom stereocenters. The van der Waals surface area contributed by atoms with Gasteiger partial charge in [-0.3, -0.25) is 14.9 Å². The molecule has 0 aliphatic carbocycles. The first-order valence-electron chi connectivity index (χ1n) is 6.71. The van der Waals surface area contributed by atoms with Crippen LogP contribution in [0, 0.1) is 10.1 Å². The molecule has 0 saturated heterocycles. The van der Waals surface area contributed by atoms with E-state index < -0.39 is 4.92 Å². The number of rotatable bonds is 5. The Hall–Kier alpha value is -2.69. The Kier molecular flexibility index (Phi) is 4.66. The molecule has 0 aliphatic heterocycles. The predicted molar refractivity (Wildman–Crippen MR) is 81.3 cm³/mol. The fraction of sp³-hybridized carbons (Fsp3) is 0.188. The molecule has 0 bridgehead atoms. The molecule has 0 aromatic heterocycles. The van der Waals surface area contributed by atoms with Gasteiger partial charge in [-0.1, -0.05) is 36.4 Å². The number of nitro groups is 1. The van der Waals surface area contributed by atoms with Crippen LogP contribution >= 0.6 is 0 Å². The molecule has 21 heavy (non-hydrogen) atoms. The van der Waals surface area contributed by atoms with E-state index in [9.17, 15) is 14.9 Å². The Morgan fingerprint density at radius 3 is 2.33 bits per heavy atom. The Labute approximate surface area is 123 Å². The molecule has 0 heterocycles. The normalized spacial score (nSPS) is 10.1. The van der Waals surface area contributed by atoms with Crippen LogP contribution in [0.1, 0.15) is 12.5 Å². The second-order valence-corrected chi connectivity index (χ2v) is 4.54. The SMILES string of the molecule is CCN(C(=O)Cc1ccccc1[N+](=O)[O-])c1ccccc1. The van der Waals surface area contributed by atoms with Crippen LogP contribution < -0.4 is 4.90 Å². The van der Waals surface area contributed by atoms with E-state index in [-0.39, 0.29) is 18.0 Å². The number of nitrogens with zero attached hydrogens (tertiary/aromatic N) is 2. The van der Waals surface area contributed by atoms with Crippen molar-refractivity contribution in [2.24, 2.45) is 0 Å². The van der Waals surface area contributed by atoms with Crippen LogP contribution in [0.25, 0.3) is 0 Å². The third-order valence-corrected chi connectivity index (χ3v) is 3.22. The number of benzene rings is 2. The zero-order valence-electron chi connectivity index (χ0n) is 11.7. The van der Waals surface area contributed by atoms with Crippen LogP contribution in [0.3, 0.4) is 0 Å². The quantitative estimate of drug-likeness (QED) is 0.625. The summed E-state index contributed by atoms with van der Waals surface area (Å²) in [5, 5.41) is 11.0. The summed E-state index contributed by atoms with van der Waals surface area (Å²) in [6, 6.07) is 15.6. The lowest BCUT2D eigenvalue weighted by Gasteiger charge is -2.21. The summed E-state index contributed by atoms with van der Waals surface area (Å²) in [6.07, 6.45) is 0.0138. The highest BCUT2D eigenvalue weighted by molar-refractivity contribution is 5.95. The van der Waals surface area contributed by atoms with E-state index in [0.29, 0.717) is 12.1 Å². The summed E-state index contributed by atoms with van der Waals surface area (Å²) >= 11 is 0. The minimum absolute atomic E-state index is 0.0138. The first-order chi connectivity index (χ1) is 10.1. The summed E-state index contributed by atoms with van der Waals surface area (Å²) in [7, 11) is 0. The number of nitro benzene ring substituents is 1. The second-order valence-electron chi connectivity index (χ2n) is 4.54. The molecule has 0 fully saturated rings. The highest BCUT2D eigenvalue weighted by atomic mass is 16.6. The zero-order chi connectivity index (χ0) is 15.2. The third kappa shape index (κ3) is 3.45. The number of para-hydroxylation sites is 2. The van der Waals surface area contributed by atoms with Gasteiger partial charge in [0.15, 0.2) is 0 Å². The van der Waals surface area contributed by atoms with E-state index in [2.05, 4.69) is 0 Å². The van der Waals surface area contributed by atoms with Crippen molar-refractivity contribution in [1.82, 2.24) is 0 Å². The van der Waals surface area contributed by atoms with Gasteiger partial charge in [-0.25, -0.2) is 0 Å². The summed E-state index contributed by atoms with van der Waals surface area (Å²) in [4.78, 5) is 24.6. The second kappa shape index (κ2) is 6.65. The molecule has 0 N–H and O–H groups in total. The third-order valence-electron chi connectivity index (χ3n) is 3.22. The van der Waals surface area contributed by atoms with Gasteiger partial charge >= 0.3 is 0 Å². The maximum atomic E-state index is 12.4. The minimum atomic E-state index is -0.457. The van der Waals surface area contributed by atoms with Gasteiger partial charge in [0.2, 0.25) is 5.91 Å². The molecule has 108 valence electrons. The topological polar surface area (TPSA) is 63.5 Å². The van der Waals surface area contributed by atoms with Gasteiger partial charge in [0.25, 0.3) is 5.69 Å². The fourth-order valence-electron chi connectivity index (χ4n) is 2.21. The van der Waals surface area contributed by atoms with Crippen LogP contribution in [0.5, 0.6) is 0 Å². The lowest BCUT2D eigenvalue weighted by Crippen LogP contribution is -2.32. The van der Waals surface area contributed by atoms with E-state index in [1.807, 2.05) is 37.3 Å². The summed E-state index contributed by atoms with van der Waals surface area (Å²) in [5.41, 5.74) is 1.21. The molecule has 1 amide bonds. The van der Waals surface area contributed by atoms with Crippen molar-refractivity contribution in [3.8, 4) is 0 Å². The van der Waals surface area contributed by atoms with Crippen LogP contribution in [-0.2, 0) is 11.2 Å². The number of carbonyl (C=O) groups is 1. The standard InChI is InChI=1S/C16H16N2O3/c1-2-17(14-9-4-3-5-10-14)16(19)12-13-8-6-7-11-15(13)18(20)21/h3-11H,2,12H2,1H3. The first-order valence-corrected chi connectivity index (χ1v) is 6.71. The predicted octanol–water partition coefficient (Wildman–Crippen LogP) is 3.19. The van der Waals surface area contributed by atoms with Crippen molar-refractivity contribution >= 4 is 17.3 Å². The Balaban J connectivity index is 2.23. The molecule has 2 aromatic rings. The van der Waals surface area contributed by atoms with E-state index in [0.717, 1.165) is 5.69 Å². The van der Waals surface area contributed by atoms with Crippen molar-refractivity contribution < 1.29 is 9.72 Å². The fourth-order valence-corrected chi connectivity index (χ4v) is 2.21. The number of anilines is 1. The number of hydrogen-bond donors (Lipinski definition) is 0. The van der Waals surface area contributed by atoms with Crippen LogP contribution in [0.15, 0.2) is 54.6 Å². The maximum Gasteiger partial charge on any atom is 0.273 e. The van der Waals surface area contributed by atoms with Gasteiger partial charge in [-0.2, -0.15) is 0 Å². The lowest BCUT2D eigenvalue weighted by molar-refractivity contribution is -0.385. The van der Waals surface area contributed by atoms with E-state index in [1.54, 1.807) is 23.1 Å². The number of amides is 1. The van der Waals surface area contributed by atoms with Gasteiger partial charge < -0.3 is 4.90 Å². The van der Waals surface area contributed by atoms with Crippen LogP contribution in [0.4, 0.5) is 11.4 Å². The summed E-state index contributed by atoms with van der Waals surface area (Å²) in [5.74, 6) is -0.155. The monoisotopic (exact) mass is 284 g/mol. The summed E-state index contributed by atoms with van der Waals surface area (Å²) in [6.45, 7) is 2.40. The molecule has 2 rings (SSSR count). The molecule has 0 spiro atoms. The molecule has 5 nitrogen and oxygen atoms in total. The molecule has 5 heteroatoms. The smallest absolute Gasteiger partial charge is 0.273 e. The number of hydrogen-bond acceptors (Lipinski definition) is 3. The van der Waals surface area contributed by atoms with Crippen molar-refractivity contribution in [3.05, 3.63) is 70.3 Å². The first kappa shape index (κ1) is 14.7. The summed E-state index contributed by atoms with van der Waals surface area (Å²) < 4.78 is 0. The Morgan fingerprint density at radius 2 is 1.71 bits per heavy atom. The van der Waals surface area contributed by atoms with Crippen LogP contribution in [-0.4, -0.2) is 17.4 Å². The molecule has 0 aliphatic rings. The van der Waals surface area contributed by atoms with E-state index in [1.165, 1.54) is 6.07 Å². The Morgan fingerprint density at radius 1 is 1.10 bits per heavy atom. The molecular weight excluding hydrogens is 268 g/mol. The average Bonchev–Trinajstić information content (AvgIpc) is 2.49. The zero-order valence-corrected chi connectivity index (χ0v) is 11.7. The largest absolute Gasteiger partial charge is 0.312 e. The van der Waals surface area contributed by atoms with Gasteiger partial charge in [-0.15, -0.1) is 0 Å². The molecule has 0 atom stereocenters. The van der Waals surface area contributed by atoms with Gasteiger partial charge in [0, 0.05) is 23.9 Å². The van der Waals surface area contributed by atoms with E-state index in [4.69, 9.17) is 0 Å². The minimum Gasteiger partial charge on any atom is -0.312 e. The van der Waals surface area contributed by atoms with E-state index >= 15 is 0 Å². The maximum absolute atomic E-state index is 12.4. The van der Waals surface area contributed by atoms with Gasteiger partial charge in [-0.05, 0) is 19.1 Å². The molecule has 0 saturated carbocycles. The molecule has 0 radical (unpaired) electrons. The number of likely N-dealkylation sites (N-methyl/N-ethyl adjacent to an activating group) is 1. The van der Waals surface area contributed by atoms with Crippen molar-refractivity contribution in [1.29, 1.82) is 0 Å². The van der Waals surface area contributed by atoms with Crippen molar-refractivity contribution in [2.75, 3.05) is 11.4 Å². The van der Waals surface area contributed by atoms with Crippen LogP contribution in [0.2, 0.25) is 0 Å². The molecule has 2 aromatic carbocycles.